The van der Waals surface area contributed by atoms with Gasteiger partial charge in [-0.05, 0) is 61.9 Å². The van der Waals surface area contributed by atoms with Crippen molar-refractivity contribution in [2.75, 3.05) is 11.9 Å². The normalized spacial score (nSPS) is 10.9. The van der Waals surface area contributed by atoms with Crippen LogP contribution in [0.15, 0.2) is 60.2 Å². The Labute approximate surface area is 183 Å². The molecule has 154 valence electrons. The molecule has 0 atom stereocenters. The molecule has 0 bridgehead atoms. The maximum absolute atomic E-state index is 14.4. The number of pyridine rings is 1. The molecule has 4 rings (SSSR count). The Hall–Kier alpha value is -2.77. The molecule has 3 heterocycles. The van der Waals surface area contributed by atoms with Crippen molar-refractivity contribution in [3.63, 3.8) is 0 Å². The van der Waals surface area contributed by atoms with Crippen LogP contribution in [-0.2, 0) is 6.42 Å². The number of nitrogens with zero attached hydrogens (tertiary/aromatic N) is 2. The Kier molecular flexibility index (Phi) is 6.71. The van der Waals surface area contributed by atoms with Gasteiger partial charge in [-0.25, -0.2) is 9.37 Å². The fourth-order valence-corrected chi connectivity index (χ4v) is 4.69. The van der Waals surface area contributed by atoms with E-state index < -0.39 is 0 Å². The third-order valence-electron chi connectivity index (χ3n) is 4.57. The first-order valence-corrected chi connectivity index (χ1v) is 11.5. The number of hydrogen-bond donors (Lipinski definition) is 1. The zero-order valence-corrected chi connectivity index (χ0v) is 18.2. The summed E-state index contributed by atoms with van der Waals surface area (Å²) in [6, 6.07) is 13.0. The monoisotopic (exact) mass is 439 g/mol. The molecule has 0 radical (unpaired) electrons. The van der Waals surface area contributed by atoms with Crippen LogP contribution in [0.2, 0.25) is 0 Å². The van der Waals surface area contributed by atoms with E-state index in [0.717, 1.165) is 35.4 Å². The van der Waals surface area contributed by atoms with Crippen LogP contribution >= 0.6 is 22.7 Å². The number of thiophene rings is 1. The van der Waals surface area contributed by atoms with Crippen LogP contribution in [0.4, 0.5) is 15.2 Å². The van der Waals surface area contributed by atoms with Gasteiger partial charge in [0.05, 0.1) is 12.3 Å². The molecule has 1 aromatic carbocycles. The zero-order valence-electron chi connectivity index (χ0n) is 16.6. The number of aryl methyl sites for hydroxylation is 2. The minimum atomic E-state index is -0.376. The lowest BCUT2D eigenvalue weighted by Gasteiger charge is -2.09. The number of halogens is 1. The van der Waals surface area contributed by atoms with E-state index in [2.05, 4.69) is 32.8 Å². The second-order valence-electron chi connectivity index (χ2n) is 6.82. The number of ether oxygens (including phenoxy) is 1. The Morgan fingerprint density at radius 2 is 2.07 bits per heavy atom. The number of hydrogen-bond acceptors (Lipinski definition) is 6. The average molecular weight is 440 g/mol. The topological polar surface area (TPSA) is 47.0 Å². The smallest absolute Gasteiger partial charge is 0.187 e. The fourth-order valence-electron chi connectivity index (χ4n) is 3.08. The van der Waals surface area contributed by atoms with Gasteiger partial charge in [0.2, 0.25) is 0 Å². The molecule has 0 fully saturated rings. The van der Waals surface area contributed by atoms with Gasteiger partial charge in [0, 0.05) is 39.5 Å². The molecule has 0 saturated carbocycles. The first-order valence-electron chi connectivity index (χ1n) is 9.78. The van der Waals surface area contributed by atoms with Crippen molar-refractivity contribution in [1.29, 1.82) is 0 Å². The van der Waals surface area contributed by atoms with Crippen molar-refractivity contribution in [1.82, 2.24) is 9.97 Å². The molecule has 0 aliphatic carbocycles. The van der Waals surface area contributed by atoms with Crippen LogP contribution < -0.4 is 10.1 Å². The summed E-state index contributed by atoms with van der Waals surface area (Å²) < 4.78 is 20.1. The Morgan fingerprint density at radius 1 is 1.13 bits per heavy atom. The van der Waals surface area contributed by atoms with Crippen LogP contribution in [0.5, 0.6) is 5.75 Å². The van der Waals surface area contributed by atoms with Crippen LogP contribution in [0, 0.1) is 12.7 Å². The lowest BCUT2D eigenvalue weighted by Crippen LogP contribution is -2.00. The number of nitrogens with one attached hydrogen (secondary N) is 1. The predicted molar refractivity (Wildman–Crippen MR) is 123 cm³/mol. The summed E-state index contributed by atoms with van der Waals surface area (Å²) in [6.07, 6.45) is 6.50. The van der Waals surface area contributed by atoms with E-state index in [-0.39, 0.29) is 11.6 Å². The molecule has 1 N–H and O–H groups in total. The number of unbranched alkanes of at least 4 members (excludes halogenated alkanes) is 1. The highest BCUT2D eigenvalue weighted by atomic mass is 32.1. The highest BCUT2D eigenvalue weighted by molar-refractivity contribution is 7.16. The van der Waals surface area contributed by atoms with E-state index in [1.165, 1.54) is 22.3 Å². The van der Waals surface area contributed by atoms with Gasteiger partial charge in [-0.3, -0.25) is 4.98 Å². The molecule has 0 unspecified atom stereocenters. The van der Waals surface area contributed by atoms with Gasteiger partial charge in [-0.2, -0.15) is 0 Å². The van der Waals surface area contributed by atoms with Gasteiger partial charge >= 0.3 is 0 Å². The molecule has 0 spiro atoms. The first kappa shape index (κ1) is 20.5. The number of aromatic nitrogens is 2. The van der Waals surface area contributed by atoms with Crippen LogP contribution in [0.25, 0.3) is 11.3 Å². The molecule has 0 aliphatic rings. The Balaban J connectivity index is 1.32. The molecule has 7 heteroatoms. The minimum absolute atomic E-state index is 0.281. The molecular weight excluding hydrogens is 417 g/mol. The van der Waals surface area contributed by atoms with Gasteiger partial charge in [0.15, 0.2) is 16.7 Å². The molecular formula is C23H22FN3OS2. The van der Waals surface area contributed by atoms with E-state index >= 15 is 0 Å². The summed E-state index contributed by atoms with van der Waals surface area (Å²) >= 11 is 3.30. The van der Waals surface area contributed by atoms with E-state index in [4.69, 9.17) is 4.74 Å². The first-order chi connectivity index (χ1) is 14.7. The summed E-state index contributed by atoms with van der Waals surface area (Å²) in [5, 5.41) is 5.99. The lowest BCUT2D eigenvalue weighted by atomic mass is 10.2. The lowest BCUT2D eigenvalue weighted by molar-refractivity contribution is 0.292. The van der Waals surface area contributed by atoms with Gasteiger partial charge in [0.25, 0.3) is 0 Å². The van der Waals surface area contributed by atoms with E-state index in [1.807, 2.05) is 25.1 Å². The van der Waals surface area contributed by atoms with Crippen molar-refractivity contribution in [2.45, 2.75) is 26.2 Å². The van der Waals surface area contributed by atoms with Crippen molar-refractivity contribution < 1.29 is 9.13 Å². The largest absolute Gasteiger partial charge is 0.491 e. The third-order valence-corrected chi connectivity index (χ3v) is 6.39. The Morgan fingerprint density at radius 3 is 2.83 bits per heavy atom. The highest BCUT2D eigenvalue weighted by Crippen LogP contribution is 2.32. The van der Waals surface area contributed by atoms with E-state index in [9.17, 15) is 4.39 Å². The second kappa shape index (κ2) is 9.82. The van der Waals surface area contributed by atoms with Gasteiger partial charge in [-0.15, -0.1) is 22.7 Å². The second-order valence-corrected chi connectivity index (χ2v) is 9.06. The number of thiazole rings is 1. The van der Waals surface area contributed by atoms with Gasteiger partial charge < -0.3 is 10.1 Å². The zero-order chi connectivity index (χ0) is 20.8. The van der Waals surface area contributed by atoms with E-state index in [1.54, 1.807) is 29.8 Å². The van der Waals surface area contributed by atoms with Gasteiger partial charge in [0.1, 0.15) is 0 Å². The molecule has 3 aromatic heterocycles. The van der Waals surface area contributed by atoms with Crippen LogP contribution in [0.3, 0.4) is 0 Å². The third kappa shape index (κ3) is 5.23. The molecule has 0 aliphatic heterocycles. The van der Waals surface area contributed by atoms with Gasteiger partial charge in [-0.1, -0.05) is 6.07 Å². The van der Waals surface area contributed by atoms with Crippen LogP contribution in [-0.4, -0.2) is 16.6 Å². The SMILES string of the molecule is Cc1sc(Nc2ccc(OCCCCc3cccs3)c(F)c2)nc1-c1cccnc1. The van der Waals surface area contributed by atoms with Crippen LogP contribution in [0.1, 0.15) is 22.6 Å². The number of benzene rings is 1. The van der Waals surface area contributed by atoms with Crippen molar-refractivity contribution in [2.24, 2.45) is 0 Å². The highest BCUT2D eigenvalue weighted by Gasteiger charge is 2.11. The molecule has 4 aromatic rings. The summed E-state index contributed by atoms with van der Waals surface area (Å²) in [5.41, 5.74) is 2.50. The minimum Gasteiger partial charge on any atom is -0.491 e. The maximum atomic E-state index is 14.4. The quantitative estimate of drug-likeness (QED) is 0.289. The summed E-state index contributed by atoms with van der Waals surface area (Å²) in [5.74, 6) is -0.0953. The molecule has 0 amide bonds. The standard InChI is InChI=1S/C23H22FN3OS2/c1-16-22(17-6-4-11-25-15-17)27-23(30-16)26-18-9-10-21(20(24)14-18)28-12-3-2-7-19-8-5-13-29-19/h4-6,8-11,13-15H,2-3,7,12H2,1H3,(H,26,27). The summed E-state index contributed by atoms with van der Waals surface area (Å²) in [4.78, 5) is 11.2. The molecule has 30 heavy (non-hydrogen) atoms. The summed E-state index contributed by atoms with van der Waals surface area (Å²) in [6.45, 7) is 2.52. The Bertz CT molecular complexity index is 1080. The fraction of sp³-hybridized carbons (Fsp3) is 0.217. The molecule has 4 nitrogen and oxygen atoms in total. The maximum Gasteiger partial charge on any atom is 0.187 e. The number of anilines is 2. The molecule has 0 saturated heterocycles. The summed E-state index contributed by atoms with van der Waals surface area (Å²) in [7, 11) is 0. The van der Waals surface area contributed by atoms with Crippen molar-refractivity contribution >= 4 is 33.5 Å². The van der Waals surface area contributed by atoms with E-state index in [0.29, 0.717) is 17.4 Å². The number of rotatable bonds is 9. The average Bonchev–Trinajstić information content (AvgIpc) is 3.39. The van der Waals surface area contributed by atoms with Crippen molar-refractivity contribution in [3.05, 3.63) is 75.8 Å². The predicted octanol–water partition coefficient (Wildman–Crippen LogP) is 6.86. The van der Waals surface area contributed by atoms with Crippen molar-refractivity contribution in [3.8, 4) is 17.0 Å².